The molecule has 3 aromatic rings. The molecule has 0 spiro atoms. The second-order valence-corrected chi connectivity index (χ2v) is 6.29. The summed E-state index contributed by atoms with van der Waals surface area (Å²) in [5, 5.41) is 4.19. The second-order valence-electron chi connectivity index (χ2n) is 6.29. The number of aryl methyl sites for hydroxylation is 2. The molecule has 1 amide bonds. The number of nitrogens with zero attached hydrogens (tertiary/aromatic N) is 4. The fourth-order valence-corrected chi connectivity index (χ4v) is 3.40. The van der Waals surface area contributed by atoms with E-state index in [0.29, 0.717) is 5.56 Å². The highest BCUT2D eigenvalue weighted by molar-refractivity contribution is 5.95. The fraction of sp³-hybridized carbons (Fsp3) is 0.316. The van der Waals surface area contributed by atoms with Crippen LogP contribution >= 0.6 is 0 Å². The molecular formula is C19H20N4O. The lowest BCUT2D eigenvalue weighted by molar-refractivity contribution is 0.0751. The van der Waals surface area contributed by atoms with Gasteiger partial charge in [-0.15, -0.1) is 0 Å². The summed E-state index contributed by atoms with van der Waals surface area (Å²) >= 11 is 0. The Hall–Kier alpha value is -2.69. The fourth-order valence-electron chi connectivity index (χ4n) is 3.40. The van der Waals surface area contributed by atoms with Crippen LogP contribution in [-0.4, -0.2) is 38.5 Å². The number of hydrogen-bond acceptors (Lipinski definition) is 3. The Morgan fingerprint density at radius 1 is 1.08 bits per heavy atom. The standard InChI is InChI=1S/C19H20N4O/c1-14-17(13-23-18(21-14)8-10-20-23)19(24)22-11-4-7-15-5-2-3-6-16(15)9-12-22/h2-3,5-6,8,10,13H,4,7,9,11-12H2,1H3. The lowest BCUT2D eigenvalue weighted by atomic mass is 9.98. The van der Waals surface area contributed by atoms with Crippen LogP contribution in [0.3, 0.4) is 0 Å². The number of carbonyl (C=O) groups is 1. The quantitative estimate of drug-likeness (QED) is 0.692. The zero-order valence-corrected chi connectivity index (χ0v) is 13.8. The Kier molecular flexibility index (Phi) is 3.76. The molecule has 1 aliphatic heterocycles. The molecule has 0 N–H and O–H groups in total. The van der Waals surface area contributed by atoms with Gasteiger partial charge in [0.2, 0.25) is 0 Å². The predicted molar refractivity (Wildman–Crippen MR) is 92.1 cm³/mol. The summed E-state index contributed by atoms with van der Waals surface area (Å²) in [6, 6.07) is 10.4. The zero-order valence-electron chi connectivity index (χ0n) is 13.8. The molecule has 4 rings (SSSR count). The van der Waals surface area contributed by atoms with E-state index in [1.54, 1.807) is 16.9 Å². The van der Waals surface area contributed by atoms with Crippen molar-refractivity contribution in [3.63, 3.8) is 0 Å². The molecule has 0 saturated carbocycles. The molecule has 2 aromatic heterocycles. The summed E-state index contributed by atoms with van der Waals surface area (Å²) in [6.07, 6.45) is 6.41. The zero-order chi connectivity index (χ0) is 16.5. The van der Waals surface area contributed by atoms with Crippen LogP contribution in [0.5, 0.6) is 0 Å². The molecule has 5 heteroatoms. The molecule has 0 unspecified atom stereocenters. The first kappa shape index (κ1) is 14.9. The van der Waals surface area contributed by atoms with Gasteiger partial charge in [-0.1, -0.05) is 24.3 Å². The van der Waals surface area contributed by atoms with Gasteiger partial charge < -0.3 is 4.90 Å². The highest BCUT2D eigenvalue weighted by atomic mass is 16.2. The number of benzene rings is 1. The molecule has 24 heavy (non-hydrogen) atoms. The van der Waals surface area contributed by atoms with Gasteiger partial charge in [0.1, 0.15) is 0 Å². The van der Waals surface area contributed by atoms with Crippen LogP contribution in [0, 0.1) is 6.92 Å². The third-order valence-corrected chi connectivity index (χ3v) is 4.73. The Morgan fingerprint density at radius 3 is 2.71 bits per heavy atom. The van der Waals surface area contributed by atoms with E-state index in [1.807, 2.05) is 17.9 Å². The number of amides is 1. The van der Waals surface area contributed by atoms with Crippen molar-refractivity contribution in [3.8, 4) is 0 Å². The molecule has 1 aromatic carbocycles. The maximum atomic E-state index is 13.0. The van der Waals surface area contributed by atoms with Crippen LogP contribution in [0.25, 0.3) is 5.65 Å². The Balaban J connectivity index is 1.60. The van der Waals surface area contributed by atoms with Crippen LogP contribution in [0.15, 0.2) is 42.7 Å². The summed E-state index contributed by atoms with van der Waals surface area (Å²) in [7, 11) is 0. The van der Waals surface area contributed by atoms with Gasteiger partial charge in [-0.05, 0) is 37.3 Å². The van der Waals surface area contributed by atoms with Crippen molar-refractivity contribution in [2.75, 3.05) is 13.1 Å². The van der Waals surface area contributed by atoms with Crippen LogP contribution in [0.4, 0.5) is 0 Å². The summed E-state index contributed by atoms with van der Waals surface area (Å²) in [5.41, 5.74) is 4.94. The van der Waals surface area contributed by atoms with Gasteiger partial charge in [-0.3, -0.25) is 4.79 Å². The lowest BCUT2D eigenvalue weighted by Crippen LogP contribution is -2.36. The summed E-state index contributed by atoms with van der Waals surface area (Å²) in [4.78, 5) is 19.4. The van der Waals surface area contributed by atoms with Crippen LogP contribution in [-0.2, 0) is 12.8 Å². The van der Waals surface area contributed by atoms with Crippen molar-refractivity contribution in [2.45, 2.75) is 26.2 Å². The molecule has 122 valence electrons. The molecule has 0 aliphatic carbocycles. The molecule has 0 fully saturated rings. The molecule has 3 heterocycles. The minimum atomic E-state index is 0.0526. The number of aromatic nitrogens is 3. The van der Waals surface area contributed by atoms with E-state index in [-0.39, 0.29) is 5.91 Å². The van der Waals surface area contributed by atoms with Gasteiger partial charge in [0, 0.05) is 25.4 Å². The van der Waals surface area contributed by atoms with Gasteiger partial charge in [0.05, 0.1) is 17.5 Å². The second kappa shape index (κ2) is 6.07. The SMILES string of the molecule is Cc1nc2ccnn2cc1C(=O)N1CCCc2ccccc2CC1. The Labute approximate surface area is 140 Å². The first-order valence-electron chi connectivity index (χ1n) is 8.39. The lowest BCUT2D eigenvalue weighted by Gasteiger charge is -2.26. The number of rotatable bonds is 1. The number of hydrogen-bond donors (Lipinski definition) is 0. The van der Waals surface area contributed by atoms with Crippen LogP contribution < -0.4 is 0 Å². The van der Waals surface area contributed by atoms with Gasteiger partial charge in [0.25, 0.3) is 5.91 Å². The van der Waals surface area contributed by atoms with E-state index >= 15 is 0 Å². The Bertz CT molecular complexity index is 899. The van der Waals surface area contributed by atoms with Crippen molar-refractivity contribution in [3.05, 3.63) is 65.1 Å². The highest BCUT2D eigenvalue weighted by Gasteiger charge is 2.21. The molecule has 5 nitrogen and oxygen atoms in total. The molecule has 0 radical (unpaired) electrons. The van der Waals surface area contributed by atoms with Crippen LogP contribution in [0.1, 0.15) is 33.6 Å². The van der Waals surface area contributed by atoms with E-state index in [9.17, 15) is 4.79 Å². The summed E-state index contributed by atoms with van der Waals surface area (Å²) in [6.45, 7) is 3.41. The van der Waals surface area contributed by atoms with Gasteiger partial charge >= 0.3 is 0 Å². The topological polar surface area (TPSA) is 50.5 Å². The molecule has 0 atom stereocenters. The monoisotopic (exact) mass is 320 g/mol. The van der Waals surface area contributed by atoms with E-state index in [2.05, 4.69) is 34.3 Å². The number of carbonyl (C=O) groups excluding carboxylic acids is 1. The van der Waals surface area contributed by atoms with Crippen molar-refractivity contribution < 1.29 is 4.79 Å². The van der Waals surface area contributed by atoms with Crippen LogP contribution in [0.2, 0.25) is 0 Å². The smallest absolute Gasteiger partial charge is 0.257 e. The van der Waals surface area contributed by atoms with Crippen molar-refractivity contribution in [1.82, 2.24) is 19.5 Å². The maximum absolute atomic E-state index is 13.0. The predicted octanol–water partition coefficient (Wildman–Crippen LogP) is 2.67. The first-order valence-corrected chi connectivity index (χ1v) is 8.39. The molecule has 0 saturated heterocycles. The third-order valence-electron chi connectivity index (χ3n) is 4.73. The van der Waals surface area contributed by atoms with Crippen molar-refractivity contribution in [1.29, 1.82) is 0 Å². The van der Waals surface area contributed by atoms with E-state index in [4.69, 9.17) is 0 Å². The van der Waals surface area contributed by atoms with Gasteiger partial charge in [0.15, 0.2) is 5.65 Å². The largest absolute Gasteiger partial charge is 0.338 e. The maximum Gasteiger partial charge on any atom is 0.257 e. The first-order chi connectivity index (χ1) is 11.7. The number of fused-ring (bicyclic) bond motifs is 2. The van der Waals surface area contributed by atoms with E-state index in [1.165, 1.54) is 11.1 Å². The van der Waals surface area contributed by atoms with E-state index in [0.717, 1.165) is 43.7 Å². The third kappa shape index (κ3) is 2.66. The van der Waals surface area contributed by atoms with Gasteiger partial charge in [-0.25, -0.2) is 9.50 Å². The molecule has 1 aliphatic rings. The summed E-state index contributed by atoms with van der Waals surface area (Å²) < 4.78 is 1.67. The van der Waals surface area contributed by atoms with E-state index < -0.39 is 0 Å². The minimum absolute atomic E-state index is 0.0526. The summed E-state index contributed by atoms with van der Waals surface area (Å²) in [5.74, 6) is 0.0526. The Morgan fingerprint density at radius 2 is 1.88 bits per heavy atom. The normalized spacial score (nSPS) is 15.0. The average molecular weight is 320 g/mol. The molecule has 0 bridgehead atoms. The van der Waals surface area contributed by atoms with Gasteiger partial charge in [-0.2, -0.15) is 5.10 Å². The average Bonchev–Trinajstić information content (AvgIpc) is 3.01. The highest BCUT2D eigenvalue weighted by Crippen LogP contribution is 2.18. The molecular weight excluding hydrogens is 300 g/mol. The van der Waals surface area contributed by atoms with Crippen molar-refractivity contribution in [2.24, 2.45) is 0 Å². The van der Waals surface area contributed by atoms with Crippen molar-refractivity contribution >= 4 is 11.6 Å². The minimum Gasteiger partial charge on any atom is -0.338 e.